The molecule has 1 aromatic rings. The van der Waals surface area contributed by atoms with Gasteiger partial charge < -0.3 is 24.8 Å². The third-order valence-corrected chi connectivity index (χ3v) is 3.95. The van der Waals surface area contributed by atoms with Crippen molar-refractivity contribution < 1.29 is 14.2 Å². The highest BCUT2D eigenvalue weighted by molar-refractivity contribution is 7.80. The third-order valence-electron chi connectivity index (χ3n) is 3.66. The van der Waals surface area contributed by atoms with Crippen LogP contribution in [-0.2, 0) is 11.2 Å². The Balaban J connectivity index is 1.70. The Morgan fingerprint density at radius 3 is 2.77 bits per heavy atom. The molecule has 5 nitrogen and oxygen atoms in total. The summed E-state index contributed by atoms with van der Waals surface area (Å²) in [7, 11) is 3.28. The molecular weight excluding hydrogens is 300 g/mol. The molecule has 0 radical (unpaired) electrons. The van der Waals surface area contributed by atoms with Crippen LogP contribution in [0.5, 0.6) is 11.5 Å². The first-order valence-corrected chi connectivity index (χ1v) is 7.98. The van der Waals surface area contributed by atoms with Crippen molar-refractivity contribution >= 4 is 17.3 Å². The first-order valence-electron chi connectivity index (χ1n) is 7.57. The van der Waals surface area contributed by atoms with E-state index in [2.05, 4.69) is 10.6 Å². The molecule has 0 aliphatic carbocycles. The number of nitrogens with one attached hydrogen (secondary N) is 2. The molecular formula is C16H24N2O3S. The van der Waals surface area contributed by atoms with Gasteiger partial charge in [-0.1, -0.05) is 6.07 Å². The van der Waals surface area contributed by atoms with Gasteiger partial charge in [0.25, 0.3) is 0 Å². The van der Waals surface area contributed by atoms with E-state index in [0.717, 1.165) is 50.5 Å². The SMILES string of the molecule is COc1ccc(CCNC(=S)NC[C@@H]2CCCO2)cc1OC. The van der Waals surface area contributed by atoms with Gasteiger partial charge in [0.15, 0.2) is 16.6 Å². The molecule has 0 bridgehead atoms. The van der Waals surface area contributed by atoms with Crippen molar-refractivity contribution in [2.75, 3.05) is 33.9 Å². The second kappa shape index (κ2) is 8.80. The van der Waals surface area contributed by atoms with E-state index in [-0.39, 0.29) is 0 Å². The summed E-state index contributed by atoms with van der Waals surface area (Å²) in [4.78, 5) is 0. The quantitative estimate of drug-likeness (QED) is 0.747. The Labute approximate surface area is 137 Å². The Morgan fingerprint density at radius 1 is 1.27 bits per heavy atom. The van der Waals surface area contributed by atoms with E-state index in [1.54, 1.807) is 14.2 Å². The molecule has 6 heteroatoms. The molecule has 1 aliphatic heterocycles. The molecule has 0 amide bonds. The zero-order valence-electron chi connectivity index (χ0n) is 13.2. The zero-order valence-corrected chi connectivity index (χ0v) is 14.0. The van der Waals surface area contributed by atoms with Gasteiger partial charge in [-0.15, -0.1) is 0 Å². The van der Waals surface area contributed by atoms with Gasteiger partial charge in [-0.2, -0.15) is 0 Å². The van der Waals surface area contributed by atoms with Crippen LogP contribution in [0, 0.1) is 0 Å². The van der Waals surface area contributed by atoms with E-state index in [4.69, 9.17) is 26.4 Å². The van der Waals surface area contributed by atoms with Crippen molar-refractivity contribution in [3.8, 4) is 11.5 Å². The average molecular weight is 324 g/mol. The zero-order chi connectivity index (χ0) is 15.8. The molecule has 1 aromatic carbocycles. The van der Waals surface area contributed by atoms with Crippen molar-refractivity contribution in [3.63, 3.8) is 0 Å². The number of benzene rings is 1. The van der Waals surface area contributed by atoms with Crippen LogP contribution in [0.25, 0.3) is 0 Å². The molecule has 0 spiro atoms. The second-order valence-electron chi connectivity index (χ2n) is 5.21. The van der Waals surface area contributed by atoms with Gasteiger partial charge >= 0.3 is 0 Å². The predicted octanol–water partition coefficient (Wildman–Crippen LogP) is 1.89. The van der Waals surface area contributed by atoms with Crippen LogP contribution in [-0.4, -0.2) is 45.1 Å². The Morgan fingerprint density at radius 2 is 2.09 bits per heavy atom. The summed E-state index contributed by atoms with van der Waals surface area (Å²) in [6, 6.07) is 5.94. The van der Waals surface area contributed by atoms with Crippen molar-refractivity contribution in [1.82, 2.24) is 10.6 Å². The normalized spacial score (nSPS) is 17.1. The van der Waals surface area contributed by atoms with E-state index in [1.807, 2.05) is 18.2 Å². The number of thiocarbonyl (C=S) groups is 1. The minimum absolute atomic E-state index is 0.297. The van der Waals surface area contributed by atoms with E-state index in [1.165, 1.54) is 5.56 Å². The third kappa shape index (κ3) is 5.03. The molecule has 1 aliphatic rings. The Kier molecular flexibility index (Phi) is 6.74. The molecule has 0 unspecified atom stereocenters. The number of ether oxygens (including phenoxy) is 3. The van der Waals surface area contributed by atoms with E-state index < -0.39 is 0 Å². The molecule has 1 atom stereocenters. The standard InChI is InChI=1S/C16H24N2O3S/c1-19-14-6-5-12(10-15(14)20-2)7-8-17-16(22)18-11-13-4-3-9-21-13/h5-6,10,13H,3-4,7-9,11H2,1-2H3,(H2,17,18,22)/t13-/m0/s1. The van der Waals surface area contributed by atoms with E-state index in [0.29, 0.717) is 11.2 Å². The van der Waals surface area contributed by atoms with Crippen LogP contribution in [0.2, 0.25) is 0 Å². The van der Waals surface area contributed by atoms with Gasteiger partial charge in [-0.05, 0) is 49.2 Å². The number of hydrogen-bond acceptors (Lipinski definition) is 4. The first-order chi connectivity index (χ1) is 10.7. The Bertz CT molecular complexity index is 490. The van der Waals surface area contributed by atoms with Gasteiger partial charge in [0.1, 0.15) is 0 Å². The molecule has 2 rings (SSSR count). The van der Waals surface area contributed by atoms with Crippen LogP contribution in [0.1, 0.15) is 18.4 Å². The molecule has 0 aromatic heterocycles. The largest absolute Gasteiger partial charge is 0.493 e. The lowest BCUT2D eigenvalue weighted by atomic mass is 10.1. The lowest BCUT2D eigenvalue weighted by Gasteiger charge is -2.14. The van der Waals surface area contributed by atoms with Gasteiger partial charge in [0.2, 0.25) is 0 Å². The fourth-order valence-corrected chi connectivity index (χ4v) is 2.62. The monoisotopic (exact) mass is 324 g/mol. The van der Waals surface area contributed by atoms with E-state index >= 15 is 0 Å². The van der Waals surface area contributed by atoms with Crippen molar-refractivity contribution in [1.29, 1.82) is 0 Å². The smallest absolute Gasteiger partial charge is 0.166 e. The molecule has 1 fully saturated rings. The van der Waals surface area contributed by atoms with Gasteiger partial charge in [-0.3, -0.25) is 0 Å². The summed E-state index contributed by atoms with van der Waals surface area (Å²) in [5, 5.41) is 7.09. The molecule has 1 saturated heterocycles. The van der Waals surface area contributed by atoms with Gasteiger partial charge in [-0.25, -0.2) is 0 Å². The first kappa shape index (κ1) is 16.8. The van der Waals surface area contributed by atoms with Crippen LogP contribution in [0.15, 0.2) is 18.2 Å². The summed E-state index contributed by atoms with van der Waals surface area (Å²) in [5.74, 6) is 1.49. The van der Waals surface area contributed by atoms with Gasteiger partial charge in [0, 0.05) is 19.7 Å². The maximum Gasteiger partial charge on any atom is 0.166 e. The predicted molar refractivity (Wildman–Crippen MR) is 90.8 cm³/mol. The Hall–Kier alpha value is -1.53. The van der Waals surface area contributed by atoms with Crippen LogP contribution in [0.4, 0.5) is 0 Å². The highest BCUT2D eigenvalue weighted by atomic mass is 32.1. The number of hydrogen-bond donors (Lipinski definition) is 2. The lowest BCUT2D eigenvalue weighted by Crippen LogP contribution is -2.40. The van der Waals surface area contributed by atoms with Gasteiger partial charge in [0.05, 0.1) is 20.3 Å². The minimum atomic E-state index is 0.297. The highest BCUT2D eigenvalue weighted by Crippen LogP contribution is 2.27. The van der Waals surface area contributed by atoms with Crippen molar-refractivity contribution in [3.05, 3.63) is 23.8 Å². The topological polar surface area (TPSA) is 51.8 Å². The molecule has 0 saturated carbocycles. The van der Waals surface area contributed by atoms with Crippen molar-refractivity contribution in [2.24, 2.45) is 0 Å². The molecule has 1 heterocycles. The lowest BCUT2D eigenvalue weighted by molar-refractivity contribution is 0.114. The average Bonchev–Trinajstić information content (AvgIpc) is 3.06. The van der Waals surface area contributed by atoms with Crippen molar-refractivity contribution in [2.45, 2.75) is 25.4 Å². The maximum atomic E-state index is 5.55. The van der Waals surface area contributed by atoms with E-state index in [9.17, 15) is 0 Å². The maximum absolute atomic E-state index is 5.55. The summed E-state index contributed by atoms with van der Waals surface area (Å²) < 4.78 is 16.1. The number of methoxy groups -OCH3 is 2. The molecule has 2 N–H and O–H groups in total. The summed E-state index contributed by atoms with van der Waals surface area (Å²) in [6.07, 6.45) is 3.42. The fraction of sp³-hybridized carbons (Fsp3) is 0.562. The summed E-state index contributed by atoms with van der Waals surface area (Å²) >= 11 is 5.27. The van der Waals surface area contributed by atoms with Crippen LogP contribution < -0.4 is 20.1 Å². The number of rotatable bonds is 7. The molecule has 122 valence electrons. The summed E-state index contributed by atoms with van der Waals surface area (Å²) in [5.41, 5.74) is 1.17. The molecule has 22 heavy (non-hydrogen) atoms. The highest BCUT2D eigenvalue weighted by Gasteiger charge is 2.15. The van der Waals surface area contributed by atoms with Crippen LogP contribution >= 0.6 is 12.2 Å². The second-order valence-corrected chi connectivity index (χ2v) is 5.62. The van der Waals surface area contributed by atoms with Crippen LogP contribution in [0.3, 0.4) is 0 Å². The minimum Gasteiger partial charge on any atom is -0.493 e. The fourth-order valence-electron chi connectivity index (χ4n) is 2.43. The summed E-state index contributed by atoms with van der Waals surface area (Å²) in [6.45, 7) is 2.42.